The number of nitrogens with zero attached hydrogens (tertiary/aromatic N) is 3. The molecule has 1 saturated heterocycles. The number of rotatable bonds is 1. The molecule has 0 unspecified atom stereocenters. The number of carbonyl (C=O) groups is 2. The van der Waals surface area contributed by atoms with Gasteiger partial charge in [-0.15, -0.1) is 11.3 Å². The number of aryl methyl sites for hydroxylation is 1. The largest absolute Gasteiger partial charge is 0.341 e. The molecule has 1 aromatic heterocycles. The van der Waals surface area contributed by atoms with Gasteiger partial charge in [0, 0.05) is 53.9 Å². The van der Waals surface area contributed by atoms with E-state index in [1.165, 1.54) is 11.3 Å². The monoisotopic (exact) mass is 405 g/mol. The lowest BCUT2D eigenvalue weighted by atomic mass is 9.81. The fourth-order valence-corrected chi connectivity index (χ4v) is 4.77. The maximum absolute atomic E-state index is 12.9. The van der Waals surface area contributed by atoms with E-state index in [4.69, 9.17) is 11.6 Å². The van der Waals surface area contributed by atoms with E-state index in [1.54, 1.807) is 29.1 Å². The highest BCUT2D eigenvalue weighted by atomic mass is 35.5. The SMILES string of the molecule is CNC(=O)N1CC[C@@]2(C1)CN(C(=O)Nc1ncc(C)s1)c1ccc(Cl)cc12. The van der Waals surface area contributed by atoms with Gasteiger partial charge in [-0.1, -0.05) is 11.6 Å². The zero-order valence-corrected chi connectivity index (χ0v) is 16.7. The molecule has 1 spiro atoms. The minimum absolute atomic E-state index is 0.100. The molecular formula is C18H20ClN5O2S. The average Bonchev–Trinajstić information content (AvgIpc) is 3.34. The van der Waals surface area contributed by atoms with Crippen LogP contribution >= 0.6 is 22.9 Å². The van der Waals surface area contributed by atoms with Gasteiger partial charge in [0.05, 0.1) is 0 Å². The first-order chi connectivity index (χ1) is 12.9. The average molecular weight is 406 g/mol. The minimum Gasteiger partial charge on any atom is -0.341 e. The second-order valence-electron chi connectivity index (χ2n) is 6.96. The lowest BCUT2D eigenvalue weighted by Crippen LogP contribution is -2.43. The molecule has 1 fully saturated rings. The van der Waals surface area contributed by atoms with Gasteiger partial charge in [0.1, 0.15) is 0 Å². The number of anilines is 2. The number of urea groups is 2. The van der Waals surface area contributed by atoms with Crippen LogP contribution in [0.3, 0.4) is 0 Å². The molecule has 7 nitrogen and oxygen atoms in total. The zero-order valence-electron chi connectivity index (χ0n) is 15.1. The third-order valence-electron chi connectivity index (χ3n) is 5.22. The second-order valence-corrected chi connectivity index (χ2v) is 8.63. The summed E-state index contributed by atoms with van der Waals surface area (Å²) in [5.74, 6) is 0. The van der Waals surface area contributed by atoms with Gasteiger partial charge in [-0.2, -0.15) is 0 Å². The van der Waals surface area contributed by atoms with Gasteiger partial charge in [-0.05, 0) is 37.1 Å². The van der Waals surface area contributed by atoms with Crippen molar-refractivity contribution < 1.29 is 9.59 Å². The van der Waals surface area contributed by atoms with Crippen LogP contribution in [0.5, 0.6) is 0 Å². The molecule has 2 aromatic rings. The molecule has 4 amide bonds. The second kappa shape index (κ2) is 6.69. The first-order valence-corrected chi connectivity index (χ1v) is 9.89. The summed E-state index contributed by atoms with van der Waals surface area (Å²) < 4.78 is 0. The van der Waals surface area contributed by atoms with E-state index in [0.717, 1.165) is 22.5 Å². The summed E-state index contributed by atoms with van der Waals surface area (Å²) in [5.41, 5.74) is 1.55. The van der Waals surface area contributed by atoms with Gasteiger partial charge in [0.25, 0.3) is 0 Å². The Kier molecular flexibility index (Phi) is 4.47. The standard InChI is InChI=1S/C18H20ClN5O2S/c1-11-8-21-15(27-11)22-17(26)24-10-18(5-6-23(9-18)16(25)20-2)13-7-12(19)3-4-14(13)24/h3-4,7-8H,5-6,9-10H2,1-2H3,(H,20,25)(H,21,22,26)/t18-/m1/s1. The molecule has 1 aromatic carbocycles. The van der Waals surface area contributed by atoms with Gasteiger partial charge >= 0.3 is 12.1 Å². The highest BCUT2D eigenvalue weighted by Gasteiger charge is 2.49. The Morgan fingerprint density at radius 1 is 1.30 bits per heavy atom. The summed E-state index contributed by atoms with van der Waals surface area (Å²) in [4.78, 5) is 33.8. The molecule has 1 atom stereocenters. The number of likely N-dealkylation sites (tertiary alicyclic amines) is 1. The van der Waals surface area contributed by atoms with Gasteiger partial charge < -0.3 is 10.2 Å². The number of fused-ring (bicyclic) bond motifs is 2. The van der Waals surface area contributed by atoms with Crippen molar-refractivity contribution in [1.29, 1.82) is 0 Å². The molecule has 142 valence electrons. The Bertz CT molecular complexity index is 917. The summed E-state index contributed by atoms with van der Waals surface area (Å²) >= 11 is 7.69. The van der Waals surface area contributed by atoms with Crippen molar-refractivity contribution in [3.8, 4) is 0 Å². The van der Waals surface area contributed by atoms with Gasteiger partial charge in [0.15, 0.2) is 5.13 Å². The summed E-state index contributed by atoms with van der Waals surface area (Å²) in [5, 5.41) is 6.76. The lowest BCUT2D eigenvalue weighted by Gasteiger charge is -2.25. The van der Waals surface area contributed by atoms with Crippen LogP contribution in [0.15, 0.2) is 24.4 Å². The number of nitrogens with one attached hydrogen (secondary N) is 2. The third-order valence-corrected chi connectivity index (χ3v) is 6.28. The van der Waals surface area contributed by atoms with Crippen LogP contribution < -0.4 is 15.5 Å². The zero-order chi connectivity index (χ0) is 19.2. The predicted molar refractivity (Wildman–Crippen MR) is 107 cm³/mol. The molecule has 3 heterocycles. The Hall–Kier alpha value is -2.32. The maximum Gasteiger partial charge on any atom is 0.328 e. The van der Waals surface area contributed by atoms with E-state index in [0.29, 0.717) is 29.8 Å². The third kappa shape index (κ3) is 3.12. The fraction of sp³-hybridized carbons (Fsp3) is 0.389. The molecule has 2 aliphatic rings. The van der Waals surface area contributed by atoms with E-state index < -0.39 is 0 Å². The van der Waals surface area contributed by atoms with Crippen molar-refractivity contribution in [2.75, 3.05) is 36.9 Å². The quantitative estimate of drug-likeness (QED) is 0.762. The van der Waals surface area contributed by atoms with E-state index in [9.17, 15) is 9.59 Å². The molecule has 2 aliphatic heterocycles. The van der Waals surface area contributed by atoms with E-state index in [1.807, 2.05) is 19.1 Å². The molecule has 2 N–H and O–H groups in total. The molecule has 0 radical (unpaired) electrons. The fourth-order valence-electron chi connectivity index (χ4n) is 3.95. The summed E-state index contributed by atoms with van der Waals surface area (Å²) in [6.07, 6.45) is 2.52. The Balaban J connectivity index is 1.64. The highest BCUT2D eigenvalue weighted by molar-refractivity contribution is 7.15. The summed E-state index contributed by atoms with van der Waals surface area (Å²) in [6.45, 7) is 3.65. The lowest BCUT2D eigenvalue weighted by molar-refractivity contribution is 0.208. The smallest absolute Gasteiger partial charge is 0.328 e. The summed E-state index contributed by atoms with van der Waals surface area (Å²) in [6, 6.07) is 5.27. The van der Waals surface area contributed by atoms with E-state index >= 15 is 0 Å². The molecule has 9 heteroatoms. The maximum atomic E-state index is 12.9. The van der Waals surface area contributed by atoms with Crippen LogP contribution in [-0.4, -0.2) is 48.6 Å². The van der Waals surface area contributed by atoms with Crippen LogP contribution in [0.2, 0.25) is 5.02 Å². The van der Waals surface area contributed by atoms with Crippen molar-refractivity contribution in [3.05, 3.63) is 39.9 Å². The first kappa shape index (κ1) is 18.1. The number of hydrogen-bond donors (Lipinski definition) is 2. The molecule has 0 saturated carbocycles. The number of carbonyl (C=O) groups excluding carboxylic acids is 2. The number of aromatic nitrogens is 1. The normalized spacial score (nSPS) is 20.9. The van der Waals surface area contributed by atoms with Crippen molar-refractivity contribution in [3.63, 3.8) is 0 Å². The van der Waals surface area contributed by atoms with E-state index in [2.05, 4.69) is 15.6 Å². The highest BCUT2D eigenvalue weighted by Crippen LogP contribution is 2.47. The first-order valence-electron chi connectivity index (χ1n) is 8.69. The number of halogens is 1. The molecule has 27 heavy (non-hydrogen) atoms. The Labute approximate surface area is 166 Å². The Morgan fingerprint density at radius 2 is 2.11 bits per heavy atom. The number of benzene rings is 1. The van der Waals surface area contributed by atoms with Gasteiger partial charge in [-0.25, -0.2) is 14.6 Å². The van der Waals surface area contributed by atoms with Crippen molar-refractivity contribution >= 4 is 45.8 Å². The topological polar surface area (TPSA) is 77.6 Å². The van der Waals surface area contributed by atoms with Crippen LogP contribution in [0.25, 0.3) is 0 Å². The van der Waals surface area contributed by atoms with Gasteiger partial charge in [0.2, 0.25) is 0 Å². The van der Waals surface area contributed by atoms with Crippen LogP contribution in [0, 0.1) is 6.92 Å². The number of amides is 4. The van der Waals surface area contributed by atoms with Crippen LogP contribution in [-0.2, 0) is 5.41 Å². The van der Waals surface area contributed by atoms with Gasteiger partial charge in [-0.3, -0.25) is 10.2 Å². The van der Waals surface area contributed by atoms with E-state index in [-0.39, 0.29) is 17.5 Å². The predicted octanol–water partition coefficient (Wildman–Crippen LogP) is 3.44. The van der Waals surface area contributed by atoms with Crippen LogP contribution in [0.1, 0.15) is 16.9 Å². The number of hydrogen-bond acceptors (Lipinski definition) is 4. The van der Waals surface area contributed by atoms with Crippen molar-refractivity contribution in [1.82, 2.24) is 15.2 Å². The molecular weight excluding hydrogens is 386 g/mol. The summed E-state index contributed by atoms with van der Waals surface area (Å²) in [7, 11) is 1.63. The Morgan fingerprint density at radius 3 is 2.81 bits per heavy atom. The molecule has 0 aliphatic carbocycles. The van der Waals surface area contributed by atoms with Crippen molar-refractivity contribution in [2.24, 2.45) is 0 Å². The molecule has 0 bridgehead atoms. The minimum atomic E-state index is -0.303. The van der Waals surface area contributed by atoms with Crippen LogP contribution in [0.4, 0.5) is 20.4 Å². The number of thiazole rings is 1. The molecule has 4 rings (SSSR count). The van der Waals surface area contributed by atoms with Crippen molar-refractivity contribution in [2.45, 2.75) is 18.8 Å².